The molecule has 1 heterocycles. The number of methoxy groups -OCH3 is 1. The Morgan fingerprint density at radius 2 is 1.74 bits per heavy atom. The van der Waals surface area contributed by atoms with E-state index in [1.54, 1.807) is 24.3 Å². The molecule has 0 aliphatic carbocycles. The van der Waals surface area contributed by atoms with Crippen LogP contribution in [0.4, 0.5) is 13.2 Å². The van der Waals surface area contributed by atoms with Crippen molar-refractivity contribution in [2.45, 2.75) is 30.1 Å². The van der Waals surface area contributed by atoms with Gasteiger partial charge in [0.25, 0.3) is 0 Å². The minimum atomic E-state index is -4.98. The van der Waals surface area contributed by atoms with E-state index in [0.29, 0.717) is 18.6 Å². The van der Waals surface area contributed by atoms with Gasteiger partial charge in [-0.15, -0.1) is 13.2 Å². The maximum Gasteiger partial charge on any atom is 0.573 e. The van der Waals surface area contributed by atoms with Crippen LogP contribution in [0.25, 0.3) is 0 Å². The smallest absolute Gasteiger partial charge is 0.497 e. The number of hydrogen-bond acceptors (Lipinski definition) is 4. The highest BCUT2D eigenvalue weighted by Gasteiger charge is 2.40. The van der Waals surface area contributed by atoms with Gasteiger partial charge in [-0.2, -0.15) is 4.31 Å². The van der Waals surface area contributed by atoms with Crippen LogP contribution < -0.4 is 9.47 Å². The average Bonchev–Trinajstić information content (AvgIpc) is 3.11. The van der Waals surface area contributed by atoms with Crippen molar-refractivity contribution in [3.05, 3.63) is 54.1 Å². The van der Waals surface area contributed by atoms with Gasteiger partial charge in [0, 0.05) is 6.54 Å². The summed E-state index contributed by atoms with van der Waals surface area (Å²) in [5.41, 5.74) is 0.756. The molecule has 0 amide bonds. The second kappa shape index (κ2) is 7.40. The lowest BCUT2D eigenvalue weighted by Crippen LogP contribution is -2.31. The van der Waals surface area contributed by atoms with E-state index >= 15 is 0 Å². The Morgan fingerprint density at radius 3 is 2.37 bits per heavy atom. The third kappa shape index (κ3) is 4.19. The SMILES string of the molecule is COc1ccc(C2CCCN2S(=O)(=O)c2ccccc2OC(F)(F)F)cc1. The second-order valence-corrected chi connectivity index (χ2v) is 7.90. The van der Waals surface area contributed by atoms with Crippen LogP contribution in [0.15, 0.2) is 53.4 Å². The topological polar surface area (TPSA) is 55.8 Å². The summed E-state index contributed by atoms with van der Waals surface area (Å²) in [6, 6.07) is 11.3. The predicted octanol–water partition coefficient (Wildman–Crippen LogP) is 4.12. The number of ether oxygens (including phenoxy) is 2. The van der Waals surface area contributed by atoms with Crippen LogP contribution >= 0.6 is 0 Å². The van der Waals surface area contributed by atoms with Gasteiger partial charge in [-0.05, 0) is 42.7 Å². The zero-order chi connectivity index (χ0) is 19.7. The fraction of sp³-hybridized carbons (Fsp3) is 0.333. The highest BCUT2D eigenvalue weighted by atomic mass is 32.2. The Labute approximate surface area is 155 Å². The van der Waals surface area contributed by atoms with Crippen LogP contribution in [-0.2, 0) is 10.0 Å². The van der Waals surface area contributed by atoms with Gasteiger partial charge < -0.3 is 9.47 Å². The zero-order valence-electron chi connectivity index (χ0n) is 14.4. The van der Waals surface area contributed by atoms with Gasteiger partial charge in [0.15, 0.2) is 0 Å². The Kier molecular flexibility index (Phi) is 5.34. The maximum absolute atomic E-state index is 13.1. The molecule has 3 rings (SSSR count). The molecule has 0 bridgehead atoms. The Balaban J connectivity index is 1.96. The summed E-state index contributed by atoms with van der Waals surface area (Å²) in [7, 11) is -2.65. The van der Waals surface area contributed by atoms with Crippen molar-refractivity contribution < 1.29 is 31.1 Å². The fourth-order valence-electron chi connectivity index (χ4n) is 3.19. The molecular formula is C18H18F3NO4S. The molecule has 1 aliphatic heterocycles. The quantitative estimate of drug-likeness (QED) is 0.756. The summed E-state index contributed by atoms with van der Waals surface area (Å²) >= 11 is 0. The Hall–Kier alpha value is -2.26. The number of halogens is 3. The highest BCUT2D eigenvalue weighted by molar-refractivity contribution is 7.89. The minimum absolute atomic E-state index is 0.222. The van der Waals surface area contributed by atoms with Gasteiger partial charge in [0.2, 0.25) is 10.0 Å². The number of alkyl halides is 3. The van der Waals surface area contributed by atoms with Crippen LogP contribution in [0.5, 0.6) is 11.5 Å². The second-order valence-electron chi connectivity index (χ2n) is 6.04. The third-order valence-corrected chi connectivity index (χ3v) is 6.31. The Bertz CT molecular complexity index is 898. The molecule has 5 nitrogen and oxygen atoms in total. The maximum atomic E-state index is 13.1. The van der Waals surface area contributed by atoms with E-state index in [1.165, 1.54) is 23.5 Å². The summed E-state index contributed by atoms with van der Waals surface area (Å²) in [6.45, 7) is 0.222. The van der Waals surface area contributed by atoms with Crippen molar-refractivity contribution in [2.75, 3.05) is 13.7 Å². The molecule has 27 heavy (non-hydrogen) atoms. The molecule has 1 atom stereocenters. The van der Waals surface area contributed by atoms with E-state index in [4.69, 9.17) is 4.74 Å². The van der Waals surface area contributed by atoms with Gasteiger partial charge in [-0.3, -0.25) is 0 Å². The standard InChI is InChI=1S/C18H18F3NO4S/c1-25-14-10-8-13(9-11-14)15-5-4-12-22(15)27(23,24)17-7-3-2-6-16(17)26-18(19,20)21/h2-3,6-11,15H,4-5,12H2,1H3. The predicted molar refractivity (Wildman–Crippen MR) is 92.0 cm³/mol. The van der Waals surface area contributed by atoms with Gasteiger partial charge >= 0.3 is 6.36 Å². The normalized spacial score (nSPS) is 18.4. The van der Waals surface area contributed by atoms with Gasteiger partial charge in [0.1, 0.15) is 16.4 Å². The molecule has 146 valence electrons. The largest absolute Gasteiger partial charge is 0.573 e. The number of nitrogens with zero attached hydrogens (tertiary/aromatic N) is 1. The Morgan fingerprint density at radius 1 is 1.07 bits per heavy atom. The summed E-state index contributed by atoms with van der Waals surface area (Å²) in [5, 5.41) is 0. The highest BCUT2D eigenvalue weighted by Crippen LogP contribution is 2.40. The van der Waals surface area contributed by atoms with E-state index in [9.17, 15) is 21.6 Å². The molecule has 0 spiro atoms. The lowest BCUT2D eigenvalue weighted by atomic mass is 10.1. The summed E-state index contributed by atoms with van der Waals surface area (Å²) < 4.78 is 74.4. The van der Waals surface area contributed by atoms with Crippen LogP contribution in [-0.4, -0.2) is 32.7 Å². The number of para-hydroxylation sites is 1. The monoisotopic (exact) mass is 401 g/mol. The van der Waals surface area contributed by atoms with Crippen LogP contribution in [0.3, 0.4) is 0 Å². The first-order valence-corrected chi connectivity index (χ1v) is 9.67. The number of benzene rings is 2. The van der Waals surface area contributed by atoms with Crippen molar-refractivity contribution in [3.8, 4) is 11.5 Å². The molecule has 1 saturated heterocycles. The van der Waals surface area contributed by atoms with Crippen LogP contribution in [0.2, 0.25) is 0 Å². The molecule has 1 unspecified atom stereocenters. The summed E-state index contributed by atoms with van der Waals surface area (Å²) in [4.78, 5) is -0.497. The van der Waals surface area contributed by atoms with Crippen molar-refractivity contribution in [2.24, 2.45) is 0 Å². The number of rotatable bonds is 5. The van der Waals surface area contributed by atoms with E-state index in [2.05, 4.69) is 4.74 Å². The lowest BCUT2D eigenvalue weighted by Gasteiger charge is -2.25. The molecule has 0 N–H and O–H groups in total. The molecule has 0 aromatic heterocycles. The van der Waals surface area contributed by atoms with E-state index in [-0.39, 0.29) is 6.54 Å². The number of sulfonamides is 1. The first-order chi connectivity index (χ1) is 12.7. The summed E-state index contributed by atoms with van der Waals surface area (Å²) in [5.74, 6) is -0.0968. The van der Waals surface area contributed by atoms with Gasteiger partial charge in [0.05, 0.1) is 13.2 Å². The minimum Gasteiger partial charge on any atom is -0.497 e. The van der Waals surface area contributed by atoms with Crippen molar-refractivity contribution in [1.82, 2.24) is 4.31 Å². The van der Waals surface area contributed by atoms with E-state index < -0.39 is 33.1 Å². The first kappa shape index (κ1) is 19.5. The lowest BCUT2D eigenvalue weighted by molar-refractivity contribution is -0.275. The van der Waals surface area contributed by atoms with E-state index in [1.807, 2.05) is 0 Å². The molecule has 2 aromatic carbocycles. The number of hydrogen-bond donors (Lipinski definition) is 0. The molecule has 1 aliphatic rings. The van der Waals surface area contributed by atoms with Crippen molar-refractivity contribution in [3.63, 3.8) is 0 Å². The molecule has 0 radical (unpaired) electrons. The van der Waals surface area contributed by atoms with Crippen LogP contribution in [0.1, 0.15) is 24.4 Å². The molecular weight excluding hydrogens is 383 g/mol. The van der Waals surface area contributed by atoms with Crippen LogP contribution in [0, 0.1) is 0 Å². The molecule has 9 heteroatoms. The van der Waals surface area contributed by atoms with Crippen molar-refractivity contribution in [1.29, 1.82) is 0 Å². The zero-order valence-corrected chi connectivity index (χ0v) is 15.3. The third-order valence-electron chi connectivity index (χ3n) is 4.37. The van der Waals surface area contributed by atoms with Gasteiger partial charge in [-0.1, -0.05) is 24.3 Å². The molecule has 0 saturated carbocycles. The summed E-state index contributed by atoms with van der Waals surface area (Å²) in [6.07, 6.45) is -3.79. The fourth-order valence-corrected chi connectivity index (χ4v) is 4.98. The molecule has 1 fully saturated rings. The van der Waals surface area contributed by atoms with Crippen molar-refractivity contribution >= 4 is 10.0 Å². The van der Waals surface area contributed by atoms with E-state index in [0.717, 1.165) is 17.7 Å². The van der Waals surface area contributed by atoms with Gasteiger partial charge in [-0.25, -0.2) is 8.42 Å². The molecule has 2 aromatic rings. The average molecular weight is 401 g/mol. The first-order valence-electron chi connectivity index (χ1n) is 8.23.